The van der Waals surface area contributed by atoms with E-state index in [1.54, 1.807) is 37.1 Å². The van der Waals surface area contributed by atoms with Crippen LogP contribution in [0.15, 0.2) is 47.1 Å². The van der Waals surface area contributed by atoms with Gasteiger partial charge in [0.05, 0.1) is 24.0 Å². The number of amides is 1. The van der Waals surface area contributed by atoms with Crippen molar-refractivity contribution in [2.75, 3.05) is 22.9 Å². The Bertz CT molecular complexity index is 818. The van der Waals surface area contributed by atoms with Crippen molar-refractivity contribution in [1.82, 2.24) is 5.32 Å². The molecule has 2 aromatic rings. The first-order valence-corrected chi connectivity index (χ1v) is 11.8. The zero-order valence-electron chi connectivity index (χ0n) is 15.8. The van der Waals surface area contributed by atoms with E-state index in [2.05, 4.69) is 5.32 Å². The molecular formula is C19H26N2O4S2. The molecule has 0 aliphatic heterocycles. The number of carbonyl (C=O) groups is 1. The summed E-state index contributed by atoms with van der Waals surface area (Å²) in [4.78, 5) is 12.5. The third-order valence-corrected chi connectivity index (χ3v) is 6.28. The van der Waals surface area contributed by atoms with Crippen LogP contribution in [0.5, 0.6) is 0 Å². The van der Waals surface area contributed by atoms with Crippen molar-refractivity contribution in [1.29, 1.82) is 0 Å². The third kappa shape index (κ3) is 6.32. The van der Waals surface area contributed by atoms with Crippen LogP contribution in [0, 0.1) is 0 Å². The topological polar surface area (TPSA) is 79.6 Å². The molecule has 6 nitrogen and oxygen atoms in total. The number of nitrogens with zero attached hydrogens (tertiary/aromatic N) is 1. The Labute approximate surface area is 165 Å². The summed E-state index contributed by atoms with van der Waals surface area (Å²) < 4.78 is 31.0. The molecule has 0 fully saturated rings. The van der Waals surface area contributed by atoms with Gasteiger partial charge in [-0.05, 0) is 43.2 Å². The van der Waals surface area contributed by atoms with Crippen LogP contribution < -0.4 is 9.62 Å². The Kier molecular flexibility index (Phi) is 7.79. The molecule has 0 saturated carbocycles. The highest BCUT2D eigenvalue weighted by molar-refractivity contribution is 7.98. The van der Waals surface area contributed by atoms with E-state index in [4.69, 9.17) is 4.42 Å². The summed E-state index contributed by atoms with van der Waals surface area (Å²) in [6.07, 6.45) is 3.61. The first-order chi connectivity index (χ1) is 12.8. The molecule has 1 aromatic carbocycles. The number of anilines is 1. The minimum absolute atomic E-state index is 0.321. The molecule has 1 heterocycles. The molecule has 0 radical (unpaired) electrons. The molecule has 0 aliphatic carbocycles. The number of sulfonamides is 1. The number of aryl methyl sites for hydroxylation is 1. The fourth-order valence-corrected chi connectivity index (χ4v) is 4.58. The van der Waals surface area contributed by atoms with Gasteiger partial charge in [-0.1, -0.05) is 19.1 Å². The van der Waals surface area contributed by atoms with Gasteiger partial charge in [0.1, 0.15) is 11.8 Å². The lowest BCUT2D eigenvalue weighted by Gasteiger charge is -2.28. The zero-order valence-corrected chi connectivity index (χ0v) is 17.5. The number of rotatable bonds is 10. The number of hydrogen-bond donors (Lipinski definition) is 1. The number of thioether (sulfide) groups is 1. The van der Waals surface area contributed by atoms with Crippen LogP contribution >= 0.6 is 11.8 Å². The maximum Gasteiger partial charge on any atom is 0.243 e. The summed E-state index contributed by atoms with van der Waals surface area (Å²) >= 11 is 1.64. The maximum atomic E-state index is 12.5. The molecule has 0 saturated heterocycles. The minimum atomic E-state index is -3.59. The highest BCUT2D eigenvalue weighted by atomic mass is 32.2. The highest BCUT2D eigenvalue weighted by Crippen LogP contribution is 2.21. The van der Waals surface area contributed by atoms with Crippen molar-refractivity contribution < 1.29 is 17.6 Å². The molecule has 0 aliphatic rings. The number of nitrogens with one attached hydrogen (secondary N) is 1. The lowest BCUT2D eigenvalue weighted by atomic mass is 10.1. The first-order valence-electron chi connectivity index (χ1n) is 8.79. The van der Waals surface area contributed by atoms with E-state index >= 15 is 0 Å². The van der Waals surface area contributed by atoms with E-state index in [9.17, 15) is 13.2 Å². The lowest BCUT2D eigenvalue weighted by molar-refractivity contribution is -0.121. The number of carbonyl (C=O) groups excluding carboxylic acids is 1. The van der Waals surface area contributed by atoms with Crippen LogP contribution in [0.1, 0.15) is 25.2 Å². The van der Waals surface area contributed by atoms with Crippen molar-refractivity contribution in [2.45, 2.75) is 32.1 Å². The Morgan fingerprint density at radius 3 is 2.52 bits per heavy atom. The molecule has 0 bridgehead atoms. The van der Waals surface area contributed by atoms with Crippen molar-refractivity contribution in [3.63, 3.8) is 0 Å². The molecule has 1 atom stereocenters. The van der Waals surface area contributed by atoms with Gasteiger partial charge in [0.15, 0.2) is 0 Å². The van der Waals surface area contributed by atoms with Gasteiger partial charge in [0.2, 0.25) is 15.9 Å². The second-order valence-electron chi connectivity index (χ2n) is 6.18. The predicted octanol–water partition coefficient (Wildman–Crippen LogP) is 3.05. The second-order valence-corrected chi connectivity index (χ2v) is 9.14. The quantitative estimate of drug-likeness (QED) is 0.609. The molecule has 8 heteroatoms. The van der Waals surface area contributed by atoms with E-state index < -0.39 is 16.1 Å². The summed E-state index contributed by atoms with van der Waals surface area (Å²) in [6, 6.07) is 10.1. The van der Waals surface area contributed by atoms with E-state index in [1.165, 1.54) is 0 Å². The number of benzene rings is 1. The van der Waals surface area contributed by atoms with Crippen molar-refractivity contribution in [3.05, 3.63) is 54.0 Å². The average Bonchev–Trinajstić information content (AvgIpc) is 3.14. The molecule has 1 aromatic heterocycles. The van der Waals surface area contributed by atoms with Crippen LogP contribution in [0.4, 0.5) is 5.69 Å². The normalized spacial score (nSPS) is 12.6. The van der Waals surface area contributed by atoms with Crippen LogP contribution in [-0.4, -0.2) is 38.9 Å². The summed E-state index contributed by atoms with van der Waals surface area (Å²) in [5.41, 5.74) is 1.60. The Morgan fingerprint density at radius 2 is 1.96 bits per heavy atom. The van der Waals surface area contributed by atoms with E-state index in [-0.39, 0.29) is 5.91 Å². The highest BCUT2D eigenvalue weighted by Gasteiger charge is 2.28. The molecule has 1 amide bonds. The Balaban J connectivity index is 1.93. The predicted molar refractivity (Wildman–Crippen MR) is 110 cm³/mol. The molecule has 27 heavy (non-hydrogen) atoms. The average molecular weight is 411 g/mol. The van der Waals surface area contributed by atoms with Gasteiger partial charge < -0.3 is 9.73 Å². The van der Waals surface area contributed by atoms with Crippen molar-refractivity contribution >= 4 is 33.4 Å². The van der Waals surface area contributed by atoms with Crippen molar-refractivity contribution in [2.24, 2.45) is 0 Å². The van der Waals surface area contributed by atoms with E-state index in [0.29, 0.717) is 18.0 Å². The summed E-state index contributed by atoms with van der Waals surface area (Å²) in [5.74, 6) is 2.01. The molecule has 1 N–H and O–H groups in total. The van der Waals surface area contributed by atoms with E-state index in [0.717, 1.165) is 34.1 Å². The fraction of sp³-hybridized carbons (Fsp3) is 0.421. The molecule has 0 spiro atoms. The zero-order chi connectivity index (χ0) is 19.9. The van der Waals surface area contributed by atoms with Crippen LogP contribution in [-0.2, 0) is 27.0 Å². The van der Waals surface area contributed by atoms with Gasteiger partial charge in [-0.3, -0.25) is 9.10 Å². The van der Waals surface area contributed by atoms with Gasteiger partial charge in [0.25, 0.3) is 0 Å². The number of hydrogen-bond acceptors (Lipinski definition) is 5. The Hall–Kier alpha value is -1.93. The summed E-state index contributed by atoms with van der Waals surface area (Å²) in [6.45, 7) is 4.09. The molecule has 2 rings (SSSR count). The molecule has 1 unspecified atom stereocenters. The number of furan rings is 1. The largest absolute Gasteiger partial charge is 0.468 e. The molecule has 148 valence electrons. The van der Waals surface area contributed by atoms with Gasteiger partial charge in [-0.15, -0.1) is 0 Å². The summed E-state index contributed by atoms with van der Waals surface area (Å²) in [5, 5.41) is 2.81. The smallest absolute Gasteiger partial charge is 0.243 e. The van der Waals surface area contributed by atoms with Gasteiger partial charge in [-0.2, -0.15) is 11.8 Å². The van der Waals surface area contributed by atoms with E-state index in [1.807, 2.05) is 31.2 Å². The maximum absolute atomic E-state index is 12.5. The first kappa shape index (κ1) is 21.4. The Morgan fingerprint density at radius 1 is 1.26 bits per heavy atom. The van der Waals surface area contributed by atoms with Gasteiger partial charge >= 0.3 is 0 Å². The van der Waals surface area contributed by atoms with Crippen LogP contribution in [0.2, 0.25) is 0 Å². The summed E-state index contributed by atoms with van der Waals surface area (Å²) in [7, 11) is -3.59. The SMILES string of the molecule is CCc1ccc(N(C(C)C(=O)NCCSCc2ccco2)S(C)(=O)=O)cc1. The van der Waals surface area contributed by atoms with Gasteiger partial charge in [-0.25, -0.2) is 8.42 Å². The fourth-order valence-electron chi connectivity index (χ4n) is 2.65. The monoisotopic (exact) mass is 410 g/mol. The third-order valence-electron chi connectivity index (χ3n) is 4.06. The van der Waals surface area contributed by atoms with Gasteiger partial charge in [0, 0.05) is 12.3 Å². The minimum Gasteiger partial charge on any atom is -0.468 e. The van der Waals surface area contributed by atoms with Crippen LogP contribution in [0.25, 0.3) is 0 Å². The second kappa shape index (κ2) is 9.85. The molecular weight excluding hydrogens is 384 g/mol. The van der Waals surface area contributed by atoms with Crippen LogP contribution in [0.3, 0.4) is 0 Å². The lowest BCUT2D eigenvalue weighted by Crippen LogP contribution is -2.48. The standard InChI is InChI=1S/C19H26N2O4S2/c1-4-16-7-9-17(10-8-16)21(27(3,23)24)15(2)19(22)20-11-13-26-14-18-6-5-12-25-18/h5-10,12,15H,4,11,13-14H2,1-3H3,(H,20,22). The van der Waals surface area contributed by atoms with Crippen molar-refractivity contribution in [3.8, 4) is 0 Å².